The van der Waals surface area contributed by atoms with Crippen LogP contribution in [0.25, 0.3) is 11.3 Å². The third-order valence-electron chi connectivity index (χ3n) is 2.87. The minimum absolute atomic E-state index is 0.214. The van der Waals surface area contributed by atoms with Crippen molar-refractivity contribution in [2.24, 2.45) is 12.8 Å². The Balaban J connectivity index is 2.37. The van der Waals surface area contributed by atoms with E-state index in [2.05, 4.69) is 5.10 Å². The highest BCUT2D eigenvalue weighted by Gasteiger charge is 2.30. The Hall–Kier alpha value is -1.82. The molecule has 2 N–H and O–H groups in total. The summed E-state index contributed by atoms with van der Waals surface area (Å²) in [5.74, 6) is 0. The molecule has 3 nitrogen and oxygen atoms in total. The molecule has 1 aromatic carbocycles. The molecule has 0 aliphatic rings. The number of nitrogens with two attached hydrogens (primary N) is 1. The van der Waals surface area contributed by atoms with Crippen molar-refractivity contribution in [3.05, 3.63) is 41.6 Å². The highest BCUT2D eigenvalue weighted by molar-refractivity contribution is 5.60. The molecule has 0 spiro atoms. The lowest BCUT2D eigenvalue weighted by Crippen LogP contribution is -2.06. The summed E-state index contributed by atoms with van der Waals surface area (Å²) in [5.41, 5.74) is 7.19. The first-order valence-corrected chi connectivity index (χ1v) is 5.76. The van der Waals surface area contributed by atoms with Gasteiger partial charge in [-0.05, 0) is 30.7 Å². The lowest BCUT2D eigenvalue weighted by molar-refractivity contribution is -0.137. The third kappa shape index (κ3) is 2.78. The third-order valence-corrected chi connectivity index (χ3v) is 2.87. The quantitative estimate of drug-likeness (QED) is 0.910. The van der Waals surface area contributed by atoms with Gasteiger partial charge in [0.25, 0.3) is 0 Å². The van der Waals surface area contributed by atoms with Gasteiger partial charge in [-0.2, -0.15) is 18.3 Å². The number of rotatable bonds is 2. The SMILES string of the molecule is CC(N)c1cc(-c2ccc(C(F)(F)F)cc2)n(C)n1. The predicted molar refractivity (Wildman–Crippen MR) is 66.2 cm³/mol. The Morgan fingerprint density at radius 2 is 1.79 bits per heavy atom. The van der Waals surface area contributed by atoms with Crippen LogP contribution in [-0.4, -0.2) is 9.78 Å². The maximum atomic E-state index is 12.5. The van der Waals surface area contributed by atoms with Gasteiger partial charge in [0.15, 0.2) is 0 Å². The smallest absolute Gasteiger partial charge is 0.323 e. The first-order valence-electron chi connectivity index (χ1n) is 5.76. The first kappa shape index (κ1) is 13.6. The normalized spacial score (nSPS) is 13.6. The second kappa shape index (κ2) is 4.70. The zero-order valence-corrected chi connectivity index (χ0v) is 10.6. The number of aromatic nitrogens is 2. The van der Waals surface area contributed by atoms with Crippen molar-refractivity contribution in [2.45, 2.75) is 19.1 Å². The van der Waals surface area contributed by atoms with Gasteiger partial charge in [0.1, 0.15) is 0 Å². The lowest BCUT2D eigenvalue weighted by Gasteiger charge is -2.07. The number of hydrogen-bond donors (Lipinski definition) is 1. The minimum atomic E-state index is -4.32. The molecule has 102 valence electrons. The van der Waals surface area contributed by atoms with Gasteiger partial charge in [0.2, 0.25) is 0 Å². The van der Waals surface area contributed by atoms with Crippen LogP contribution in [-0.2, 0) is 13.2 Å². The van der Waals surface area contributed by atoms with Crippen LogP contribution in [0.1, 0.15) is 24.2 Å². The standard InChI is InChI=1S/C13H14F3N3/c1-8(17)11-7-12(19(2)18-11)9-3-5-10(6-4-9)13(14,15)16/h3-8H,17H2,1-2H3. The highest BCUT2D eigenvalue weighted by Crippen LogP contribution is 2.31. The number of benzene rings is 1. The highest BCUT2D eigenvalue weighted by atomic mass is 19.4. The van der Waals surface area contributed by atoms with Crippen molar-refractivity contribution < 1.29 is 13.2 Å². The number of halogens is 3. The molecule has 0 saturated carbocycles. The second-order valence-corrected chi connectivity index (χ2v) is 4.44. The van der Waals surface area contributed by atoms with E-state index in [1.165, 1.54) is 12.1 Å². The van der Waals surface area contributed by atoms with Crippen LogP contribution < -0.4 is 5.73 Å². The van der Waals surface area contributed by atoms with Gasteiger partial charge < -0.3 is 5.73 Å². The van der Waals surface area contributed by atoms with E-state index in [0.29, 0.717) is 11.3 Å². The molecular weight excluding hydrogens is 255 g/mol. The molecule has 2 rings (SSSR count). The fourth-order valence-electron chi connectivity index (χ4n) is 1.81. The van der Waals surface area contributed by atoms with Crippen LogP contribution in [0, 0.1) is 0 Å². The van der Waals surface area contributed by atoms with E-state index < -0.39 is 11.7 Å². The molecule has 6 heteroatoms. The fraction of sp³-hybridized carbons (Fsp3) is 0.308. The summed E-state index contributed by atoms with van der Waals surface area (Å²) in [4.78, 5) is 0. The van der Waals surface area contributed by atoms with Gasteiger partial charge >= 0.3 is 6.18 Å². The predicted octanol–water partition coefficient (Wildman–Crippen LogP) is 3.13. The van der Waals surface area contributed by atoms with E-state index in [0.717, 1.165) is 17.8 Å². The maximum absolute atomic E-state index is 12.5. The van der Waals surface area contributed by atoms with Gasteiger partial charge in [0.05, 0.1) is 17.0 Å². The minimum Gasteiger partial charge on any atom is -0.323 e. The zero-order valence-electron chi connectivity index (χ0n) is 10.6. The van der Waals surface area contributed by atoms with E-state index >= 15 is 0 Å². The Bertz CT molecular complexity index is 568. The average molecular weight is 269 g/mol. The zero-order chi connectivity index (χ0) is 14.2. The van der Waals surface area contributed by atoms with Gasteiger partial charge in [-0.3, -0.25) is 4.68 Å². The number of hydrogen-bond acceptors (Lipinski definition) is 2. The molecule has 1 unspecified atom stereocenters. The number of aryl methyl sites for hydroxylation is 1. The molecule has 0 bridgehead atoms. The molecule has 0 saturated heterocycles. The topological polar surface area (TPSA) is 43.8 Å². The van der Waals surface area contributed by atoms with Crippen LogP contribution in [0.5, 0.6) is 0 Å². The molecule has 0 fully saturated rings. The monoisotopic (exact) mass is 269 g/mol. The van der Waals surface area contributed by atoms with E-state index in [4.69, 9.17) is 5.73 Å². The molecule has 2 aromatic rings. The average Bonchev–Trinajstić information content (AvgIpc) is 2.70. The van der Waals surface area contributed by atoms with Gasteiger partial charge in [-0.25, -0.2) is 0 Å². The van der Waals surface area contributed by atoms with Crippen LogP contribution in [0.3, 0.4) is 0 Å². The summed E-state index contributed by atoms with van der Waals surface area (Å²) in [5, 5.41) is 4.23. The molecule has 0 aliphatic carbocycles. The summed E-state index contributed by atoms with van der Waals surface area (Å²) in [7, 11) is 1.74. The second-order valence-electron chi connectivity index (χ2n) is 4.44. The van der Waals surface area contributed by atoms with Crippen LogP contribution in [0.15, 0.2) is 30.3 Å². The molecule has 1 heterocycles. The molecule has 0 radical (unpaired) electrons. The molecule has 0 amide bonds. The summed E-state index contributed by atoms with van der Waals surface area (Å²) >= 11 is 0. The molecular formula is C13H14F3N3. The largest absolute Gasteiger partial charge is 0.416 e. The number of alkyl halides is 3. The summed E-state index contributed by atoms with van der Waals surface area (Å²) in [6.07, 6.45) is -4.32. The fourth-order valence-corrected chi connectivity index (χ4v) is 1.81. The van der Waals surface area contributed by atoms with Crippen molar-refractivity contribution in [3.8, 4) is 11.3 Å². The summed E-state index contributed by atoms with van der Waals surface area (Å²) < 4.78 is 39.0. The first-order chi connectivity index (χ1) is 8.79. The van der Waals surface area contributed by atoms with Crippen molar-refractivity contribution in [3.63, 3.8) is 0 Å². The van der Waals surface area contributed by atoms with Gasteiger partial charge in [-0.15, -0.1) is 0 Å². The summed E-state index contributed by atoms with van der Waals surface area (Å²) in [6, 6.07) is 6.57. The van der Waals surface area contributed by atoms with Crippen molar-refractivity contribution in [1.82, 2.24) is 9.78 Å². The Kier molecular flexibility index (Phi) is 3.36. The van der Waals surface area contributed by atoms with Gasteiger partial charge in [0, 0.05) is 13.1 Å². The maximum Gasteiger partial charge on any atom is 0.416 e. The van der Waals surface area contributed by atoms with E-state index in [9.17, 15) is 13.2 Å². The van der Waals surface area contributed by atoms with E-state index in [1.807, 2.05) is 0 Å². The van der Waals surface area contributed by atoms with Gasteiger partial charge in [-0.1, -0.05) is 12.1 Å². The van der Waals surface area contributed by atoms with E-state index in [1.54, 1.807) is 24.7 Å². The number of nitrogens with zero attached hydrogens (tertiary/aromatic N) is 2. The van der Waals surface area contributed by atoms with Crippen molar-refractivity contribution in [2.75, 3.05) is 0 Å². The molecule has 19 heavy (non-hydrogen) atoms. The Morgan fingerprint density at radius 1 is 1.21 bits per heavy atom. The Morgan fingerprint density at radius 3 is 2.21 bits per heavy atom. The van der Waals surface area contributed by atoms with Crippen LogP contribution in [0.2, 0.25) is 0 Å². The van der Waals surface area contributed by atoms with Crippen molar-refractivity contribution >= 4 is 0 Å². The van der Waals surface area contributed by atoms with Crippen LogP contribution >= 0.6 is 0 Å². The van der Waals surface area contributed by atoms with Crippen molar-refractivity contribution in [1.29, 1.82) is 0 Å². The molecule has 1 aromatic heterocycles. The Labute approximate surface area is 108 Å². The molecule has 1 atom stereocenters. The lowest BCUT2D eigenvalue weighted by atomic mass is 10.1. The van der Waals surface area contributed by atoms with E-state index in [-0.39, 0.29) is 6.04 Å². The molecule has 0 aliphatic heterocycles. The summed E-state index contributed by atoms with van der Waals surface area (Å²) in [6.45, 7) is 1.80. The van der Waals surface area contributed by atoms with Crippen LogP contribution in [0.4, 0.5) is 13.2 Å².